The zero-order chi connectivity index (χ0) is 16.0. The van der Waals surface area contributed by atoms with Crippen LogP contribution in [0.3, 0.4) is 0 Å². The number of aryl methyl sites for hydroxylation is 1. The summed E-state index contributed by atoms with van der Waals surface area (Å²) in [6.45, 7) is 3.92. The van der Waals surface area contributed by atoms with Crippen LogP contribution in [0.15, 0.2) is 18.2 Å². The van der Waals surface area contributed by atoms with E-state index in [-0.39, 0.29) is 19.1 Å². The minimum atomic E-state index is -0.714. The number of halogens is 1. The van der Waals surface area contributed by atoms with Crippen molar-refractivity contribution in [1.29, 1.82) is 0 Å². The fraction of sp³-hybridized carbons (Fsp3) is 0.533. The molecule has 0 fully saturated rings. The molecule has 0 heterocycles. The quantitative estimate of drug-likeness (QED) is 0.834. The van der Waals surface area contributed by atoms with Crippen molar-refractivity contribution in [2.24, 2.45) is 0 Å². The molecule has 0 aliphatic rings. The number of benzene rings is 1. The van der Waals surface area contributed by atoms with Crippen LogP contribution in [-0.4, -0.2) is 55.4 Å². The number of methoxy groups -OCH3 is 1. The standard InChI is InChI=1S/C15H22ClNO4/c1-10-7-12(16)5-6-14(10)21-11(2)15(19)17(3)8-13(18)9-20-4/h5-7,11,13,18H,8-9H2,1-4H3. The summed E-state index contributed by atoms with van der Waals surface area (Å²) in [5, 5.41) is 10.3. The zero-order valence-electron chi connectivity index (χ0n) is 12.8. The summed E-state index contributed by atoms with van der Waals surface area (Å²) in [5.41, 5.74) is 0.865. The van der Waals surface area contributed by atoms with E-state index >= 15 is 0 Å². The largest absolute Gasteiger partial charge is 0.481 e. The van der Waals surface area contributed by atoms with E-state index in [0.29, 0.717) is 10.8 Å². The number of carbonyl (C=O) groups is 1. The Morgan fingerprint density at radius 1 is 1.48 bits per heavy atom. The van der Waals surface area contributed by atoms with Gasteiger partial charge in [0.1, 0.15) is 5.75 Å². The molecule has 1 N–H and O–H groups in total. The number of nitrogens with zero attached hydrogens (tertiary/aromatic N) is 1. The SMILES string of the molecule is COCC(O)CN(C)C(=O)C(C)Oc1ccc(Cl)cc1C. The van der Waals surface area contributed by atoms with Gasteiger partial charge >= 0.3 is 0 Å². The summed E-state index contributed by atoms with van der Waals surface area (Å²) < 4.78 is 10.5. The molecule has 0 aromatic heterocycles. The van der Waals surface area contributed by atoms with Gasteiger partial charge in [0.05, 0.1) is 12.7 Å². The Kier molecular flexibility index (Phi) is 6.95. The number of hydrogen-bond acceptors (Lipinski definition) is 4. The lowest BCUT2D eigenvalue weighted by atomic mass is 10.2. The number of aliphatic hydroxyl groups excluding tert-OH is 1. The van der Waals surface area contributed by atoms with Crippen LogP contribution in [0.25, 0.3) is 0 Å². The van der Waals surface area contributed by atoms with Gasteiger partial charge in [0, 0.05) is 25.7 Å². The number of aliphatic hydroxyl groups is 1. The van der Waals surface area contributed by atoms with Crippen molar-refractivity contribution in [3.05, 3.63) is 28.8 Å². The highest BCUT2D eigenvalue weighted by Gasteiger charge is 2.21. The number of amides is 1. The Hall–Kier alpha value is -1.30. The number of rotatable bonds is 7. The molecule has 0 aliphatic carbocycles. The second kappa shape index (κ2) is 8.22. The van der Waals surface area contributed by atoms with E-state index in [2.05, 4.69) is 0 Å². The van der Waals surface area contributed by atoms with Crippen LogP contribution in [0.1, 0.15) is 12.5 Å². The summed E-state index contributed by atoms with van der Waals surface area (Å²) >= 11 is 5.88. The van der Waals surface area contributed by atoms with Crippen molar-refractivity contribution >= 4 is 17.5 Å². The molecule has 2 atom stereocenters. The van der Waals surface area contributed by atoms with Gasteiger partial charge < -0.3 is 19.5 Å². The molecule has 1 amide bonds. The fourth-order valence-electron chi connectivity index (χ4n) is 1.95. The molecule has 1 rings (SSSR count). The summed E-state index contributed by atoms with van der Waals surface area (Å²) in [6.07, 6.45) is -1.36. The van der Waals surface area contributed by atoms with Crippen LogP contribution >= 0.6 is 11.6 Å². The average Bonchev–Trinajstić information content (AvgIpc) is 2.41. The van der Waals surface area contributed by atoms with E-state index in [0.717, 1.165) is 5.56 Å². The van der Waals surface area contributed by atoms with Gasteiger partial charge in [-0.1, -0.05) is 11.6 Å². The minimum Gasteiger partial charge on any atom is -0.481 e. The topological polar surface area (TPSA) is 59.0 Å². The van der Waals surface area contributed by atoms with Crippen molar-refractivity contribution in [2.75, 3.05) is 27.3 Å². The van der Waals surface area contributed by atoms with Crippen LogP contribution in [0.5, 0.6) is 5.75 Å². The first kappa shape index (κ1) is 17.8. The average molecular weight is 316 g/mol. The molecule has 21 heavy (non-hydrogen) atoms. The van der Waals surface area contributed by atoms with Crippen LogP contribution in [0, 0.1) is 6.92 Å². The smallest absolute Gasteiger partial charge is 0.263 e. The van der Waals surface area contributed by atoms with Gasteiger partial charge in [-0.2, -0.15) is 0 Å². The lowest BCUT2D eigenvalue weighted by Crippen LogP contribution is -2.42. The van der Waals surface area contributed by atoms with Gasteiger partial charge in [-0.25, -0.2) is 0 Å². The third-order valence-electron chi connectivity index (χ3n) is 3.01. The summed E-state index contributed by atoms with van der Waals surface area (Å²) in [5.74, 6) is 0.408. The predicted molar refractivity (Wildman–Crippen MR) is 81.8 cm³/mol. The molecule has 1 aromatic rings. The van der Waals surface area contributed by atoms with Crippen LogP contribution in [0.4, 0.5) is 0 Å². The Bertz CT molecular complexity index is 481. The normalized spacial score (nSPS) is 13.6. The molecule has 6 heteroatoms. The summed E-state index contributed by atoms with van der Waals surface area (Å²) in [4.78, 5) is 13.6. The molecule has 0 saturated carbocycles. The van der Waals surface area contributed by atoms with E-state index in [1.807, 2.05) is 6.92 Å². The maximum Gasteiger partial charge on any atom is 0.263 e. The summed E-state index contributed by atoms with van der Waals surface area (Å²) in [7, 11) is 3.12. The second-order valence-electron chi connectivity index (χ2n) is 5.00. The van der Waals surface area contributed by atoms with Crippen molar-refractivity contribution in [3.8, 4) is 5.75 Å². The lowest BCUT2D eigenvalue weighted by Gasteiger charge is -2.24. The number of carbonyl (C=O) groups excluding carboxylic acids is 1. The Morgan fingerprint density at radius 3 is 2.71 bits per heavy atom. The Balaban J connectivity index is 2.61. The Morgan fingerprint density at radius 2 is 2.14 bits per heavy atom. The van der Waals surface area contributed by atoms with E-state index < -0.39 is 12.2 Å². The van der Waals surface area contributed by atoms with Gasteiger partial charge in [0.25, 0.3) is 5.91 Å². The minimum absolute atomic E-state index is 0.184. The van der Waals surface area contributed by atoms with Crippen molar-refractivity contribution in [2.45, 2.75) is 26.1 Å². The van der Waals surface area contributed by atoms with Gasteiger partial charge in [0.15, 0.2) is 6.10 Å². The third-order valence-corrected chi connectivity index (χ3v) is 3.24. The number of ether oxygens (including phenoxy) is 2. The van der Waals surface area contributed by atoms with Gasteiger partial charge in [-0.15, -0.1) is 0 Å². The fourth-order valence-corrected chi connectivity index (χ4v) is 2.17. The van der Waals surface area contributed by atoms with Crippen LogP contribution < -0.4 is 4.74 Å². The van der Waals surface area contributed by atoms with Gasteiger partial charge in [0.2, 0.25) is 0 Å². The van der Waals surface area contributed by atoms with E-state index in [9.17, 15) is 9.90 Å². The molecular formula is C15H22ClNO4. The first-order valence-electron chi connectivity index (χ1n) is 6.70. The molecule has 5 nitrogen and oxygen atoms in total. The molecule has 0 bridgehead atoms. The molecule has 1 aromatic carbocycles. The number of hydrogen-bond donors (Lipinski definition) is 1. The van der Waals surface area contributed by atoms with Gasteiger partial charge in [-0.3, -0.25) is 4.79 Å². The maximum atomic E-state index is 12.2. The summed E-state index contributed by atoms with van der Waals surface area (Å²) in [6, 6.07) is 5.23. The molecule has 0 saturated heterocycles. The number of likely N-dealkylation sites (N-methyl/N-ethyl adjacent to an activating group) is 1. The van der Waals surface area contributed by atoms with Crippen molar-refractivity contribution in [1.82, 2.24) is 4.90 Å². The van der Waals surface area contributed by atoms with Crippen LogP contribution in [-0.2, 0) is 9.53 Å². The molecule has 118 valence electrons. The monoisotopic (exact) mass is 315 g/mol. The molecule has 0 spiro atoms. The Labute approximate surface area is 130 Å². The second-order valence-corrected chi connectivity index (χ2v) is 5.43. The van der Waals surface area contributed by atoms with Crippen molar-refractivity contribution in [3.63, 3.8) is 0 Å². The lowest BCUT2D eigenvalue weighted by molar-refractivity contribution is -0.138. The van der Waals surface area contributed by atoms with E-state index in [1.54, 1.807) is 32.2 Å². The highest BCUT2D eigenvalue weighted by molar-refractivity contribution is 6.30. The highest BCUT2D eigenvalue weighted by Crippen LogP contribution is 2.23. The van der Waals surface area contributed by atoms with Crippen molar-refractivity contribution < 1.29 is 19.4 Å². The molecule has 0 radical (unpaired) electrons. The molecule has 0 aliphatic heterocycles. The zero-order valence-corrected chi connectivity index (χ0v) is 13.6. The molecule has 2 unspecified atom stereocenters. The first-order valence-corrected chi connectivity index (χ1v) is 7.07. The predicted octanol–water partition coefficient (Wildman–Crippen LogP) is 1.88. The molecular weight excluding hydrogens is 294 g/mol. The third kappa shape index (κ3) is 5.53. The van der Waals surface area contributed by atoms with E-state index in [4.69, 9.17) is 21.1 Å². The first-order chi connectivity index (χ1) is 9.85. The van der Waals surface area contributed by atoms with Gasteiger partial charge in [-0.05, 0) is 37.6 Å². The maximum absolute atomic E-state index is 12.2. The van der Waals surface area contributed by atoms with Crippen LogP contribution in [0.2, 0.25) is 5.02 Å². The highest BCUT2D eigenvalue weighted by atomic mass is 35.5. The van der Waals surface area contributed by atoms with E-state index in [1.165, 1.54) is 12.0 Å².